The van der Waals surface area contributed by atoms with Crippen molar-refractivity contribution in [3.8, 4) is 22.6 Å². The first-order valence-corrected chi connectivity index (χ1v) is 10.8. The van der Waals surface area contributed by atoms with E-state index in [1.54, 1.807) is 37.3 Å². The van der Waals surface area contributed by atoms with E-state index < -0.39 is 22.5 Å². The Balaban J connectivity index is 1.78. The number of sulfonamides is 1. The van der Waals surface area contributed by atoms with Crippen LogP contribution in [0.1, 0.15) is 5.56 Å². The summed E-state index contributed by atoms with van der Waals surface area (Å²) in [4.78, 5) is 0.143. The zero-order valence-corrected chi connectivity index (χ0v) is 17.2. The molecule has 1 aliphatic rings. The second-order valence-corrected chi connectivity index (χ2v) is 8.84. The summed E-state index contributed by atoms with van der Waals surface area (Å²) in [5.74, 6) is -0.735. The van der Waals surface area contributed by atoms with Crippen molar-refractivity contribution in [3.05, 3.63) is 72.0 Å². The SMILES string of the molecule is Cc1cccc(S(=O)(=O)N2CCOc3ccc(-c4cc(F)cc(OC(F)F)c4)cc32)c1. The molecular formula is C22H18F3NO4S. The van der Waals surface area contributed by atoms with Crippen LogP contribution in [0.2, 0.25) is 0 Å². The summed E-state index contributed by atoms with van der Waals surface area (Å²) in [7, 11) is -3.87. The zero-order valence-electron chi connectivity index (χ0n) is 16.4. The highest BCUT2D eigenvalue weighted by molar-refractivity contribution is 7.92. The Hall–Kier alpha value is -3.20. The molecule has 0 bridgehead atoms. The van der Waals surface area contributed by atoms with E-state index in [0.717, 1.165) is 17.7 Å². The van der Waals surface area contributed by atoms with Gasteiger partial charge in [0.05, 0.1) is 17.1 Å². The largest absolute Gasteiger partial charge is 0.489 e. The van der Waals surface area contributed by atoms with Crippen molar-refractivity contribution >= 4 is 15.7 Å². The zero-order chi connectivity index (χ0) is 22.2. The van der Waals surface area contributed by atoms with Gasteiger partial charge in [0.2, 0.25) is 0 Å². The molecule has 0 saturated carbocycles. The van der Waals surface area contributed by atoms with Gasteiger partial charge in [-0.3, -0.25) is 4.31 Å². The van der Waals surface area contributed by atoms with E-state index in [1.165, 1.54) is 22.5 Å². The van der Waals surface area contributed by atoms with Crippen LogP contribution in [0.25, 0.3) is 11.1 Å². The highest BCUT2D eigenvalue weighted by Gasteiger charge is 2.30. The smallest absolute Gasteiger partial charge is 0.387 e. The van der Waals surface area contributed by atoms with Crippen LogP contribution in [0, 0.1) is 12.7 Å². The van der Waals surface area contributed by atoms with E-state index in [0.29, 0.717) is 11.3 Å². The molecule has 0 aliphatic carbocycles. The first-order valence-electron chi connectivity index (χ1n) is 9.36. The molecule has 0 aromatic heterocycles. The normalized spacial score (nSPS) is 13.6. The standard InChI is InChI=1S/C22H18F3NO4S/c1-14-3-2-4-19(9-14)31(27,28)26-7-8-29-21-6-5-15(12-20(21)26)16-10-17(23)13-18(11-16)30-22(24)25/h2-6,9-13,22H,7-8H2,1H3. The second kappa shape index (κ2) is 8.14. The van der Waals surface area contributed by atoms with E-state index in [2.05, 4.69) is 4.74 Å². The van der Waals surface area contributed by atoms with Crippen LogP contribution in [0.5, 0.6) is 11.5 Å². The topological polar surface area (TPSA) is 55.8 Å². The molecule has 162 valence electrons. The summed E-state index contributed by atoms with van der Waals surface area (Å²) in [5, 5.41) is 0. The van der Waals surface area contributed by atoms with E-state index in [1.807, 2.05) is 0 Å². The second-order valence-electron chi connectivity index (χ2n) is 6.98. The Kier molecular flexibility index (Phi) is 5.53. The van der Waals surface area contributed by atoms with Gasteiger partial charge in [0.15, 0.2) is 0 Å². The van der Waals surface area contributed by atoms with Crippen LogP contribution in [0.15, 0.2) is 65.6 Å². The third kappa shape index (κ3) is 4.32. The average Bonchev–Trinajstić information content (AvgIpc) is 2.72. The third-order valence-corrected chi connectivity index (χ3v) is 6.60. The van der Waals surface area contributed by atoms with E-state index in [9.17, 15) is 21.6 Å². The lowest BCUT2D eigenvalue weighted by atomic mass is 10.0. The van der Waals surface area contributed by atoms with Crippen molar-refractivity contribution in [1.29, 1.82) is 0 Å². The number of rotatable bonds is 5. The fourth-order valence-electron chi connectivity index (χ4n) is 3.43. The number of ether oxygens (including phenoxy) is 2. The number of benzene rings is 3. The van der Waals surface area contributed by atoms with Crippen LogP contribution in [0.3, 0.4) is 0 Å². The van der Waals surface area contributed by atoms with Crippen molar-refractivity contribution < 1.29 is 31.1 Å². The van der Waals surface area contributed by atoms with Gasteiger partial charge in [-0.25, -0.2) is 12.8 Å². The van der Waals surface area contributed by atoms with Crippen molar-refractivity contribution in [2.45, 2.75) is 18.4 Å². The molecule has 1 heterocycles. The van der Waals surface area contributed by atoms with Gasteiger partial charge < -0.3 is 9.47 Å². The minimum absolute atomic E-state index is 0.0929. The Bertz CT molecular complexity index is 1230. The molecule has 3 aromatic rings. The van der Waals surface area contributed by atoms with Gasteiger partial charge in [-0.15, -0.1) is 0 Å². The maximum absolute atomic E-state index is 14.0. The van der Waals surface area contributed by atoms with Gasteiger partial charge in [-0.1, -0.05) is 18.2 Å². The number of fused-ring (bicyclic) bond motifs is 1. The fraction of sp³-hybridized carbons (Fsp3) is 0.182. The molecule has 0 N–H and O–H groups in total. The quantitative estimate of drug-likeness (QED) is 0.551. The number of nitrogens with zero attached hydrogens (tertiary/aromatic N) is 1. The fourth-order valence-corrected chi connectivity index (χ4v) is 4.98. The molecule has 4 rings (SSSR count). The van der Waals surface area contributed by atoms with Gasteiger partial charge in [-0.05, 0) is 60.0 Å². The summed E-state index contributed by atoms with van der Waals surface area (Å²) in [6, 6.07) is 14.5. The highest BCUT2D eigenvalue weighted by Crippen LogP contribution is 2.39. The lowest BCUT2D eigenvalue weighted by molar-refractivity contribution is -0.0499. The molecule has 1 aliphatic heterocycles. The van der Waals surface area contributed by atoms with E-state index in [4.69, 9.17) is 4.74 Å². The Labute approximate surface area is 177 Å². The molecule has 0 amide bonds. The molecule has 9 heteroatoms. The molecule has 0 unspecified atom stereocenters. The minimum Gasteiger partial charge on any atom is -0.489 e. The first-order chi connectivity index (χ1) is 14.7. The van der Waals surface area contributed by atoms with Crippen LogP contribution in [-0.4, -0.2) is 28.2 Å². The third-order valence-electron chi connectivity index (χ3n) is 4.79. The van der Waals surface area contributed by atoms with Crippen molar-refractivity contribution in [2.24, 2.45) is 0 Å². The first kappa shape index (κ1) is 21.0. The van der Waals surface area contributed by atoms with Crippen LogP contribution in [-0.2, 0) is 10.0 Å². The molecule has 0 radical (unpaired) electrons. The van der Waals surface area contributed by atoms with Crippen LogP contribution in [0.4, 0.5) is 18.9 Å². The number of hydrogen-bond donors (Lipinski definition) is 0. The molecule has 31 heavy (non-hydrogen) atoms. The Morgan fingerprint density at radius 3 is 2.58 bits per heavy atom. The van der Waals surface area contributed by atoms with Gasteiger partial charge in [0.25, 0.3) is 10.0 Å². The number of halogens is 3. The average molecular weight is 449 g/mol. The predicted octanol–water partition coefficient (Wildman–Crippen LogP) is 4.99. The minimum atomic E-state index is -3.87. The number of hydrogen-bond acceptors (Lipinski definition) is 4. The number of aryl methyl sites for hydroxylation is 1. The molecule has 0 atom stereocenters. The number of anilines is 1. The molecule has 0 spiro atoms. The Morgan fingerprint density at radius 2 is 1.84 bits per heavy atom. The lowest BCUT2D eigenvalue weighted by Gasteiger charge is -2.31. The van der Waals surface area contributed by atoms with Gasteiger partial charge in [-0.2, -0.15) is 8.78 Å². The summed E-state index contributed by atoms with van der Waals surface area (Å²) in [6.07, 6.45) is 0. The van der Waals surface area contributed by atoms with Crippen molar-refractivity contribution in [2.75, 3.05) is 17.5 Å². The maximum atomic E-state index is 14.0. The predicted molar refractivity (Wildman–Crippen MR) is 110 cm³/mol. The van der Waals surface area contributed by atoms with Gasteiger partial charge in [0, 0.05) is 6.07 Å². The highest BCUT2D eigenvalue weighted by atomic mass is 32.2. The summed E-state index contributed by atoms with van der Waals surface area (Å²) >= 11 is 0. The van der Waals surface area contributed by atoms with E-state index >= 15 is 0 Å². The van der Waals surface area contributed by atoms with Gasteiger partial charge >= 0.3 is 6.61 Å². The van der Waals surface area contributed by atoms with Crippen LogP contribution < -0.4 is 13.8 Å². The summed E-state index contributed by atoms with van der Waals surface area (Å²) in [5.41, 5.74) is 1.77. The monoisotopic (exact) mass is 449 g/mol. The molecular weight excluding hydrogens is 431 g/mol. The number of alkyl halides is 2. The molecule has 0 fully saturated rings. The molecule has 5 nitrogen and oxygen atoms in total. The summed E-state index contributed by atoms with van der Waals surface area (Å²) < 4.78 is 76.8. The molecule has 3 aromatic carbocycles. The van der Waals surface area contributed by atoms with E-state index in [-0.39, 0.29) is 35.0 Å². The van der Waals surface area contributed by atoms with Crippen LogP contribution >= 0.6 is 0 Å². The lowest BCUT2D eigenvalue weighted by Crippen LogP contribution is -2.38. The van der Waals surface area contributed by atoms with Gasteiger partial charge in [0.1, 0.15) is 23.9 Å². The van der Waals surface area contributed by atoms with Crippen molar-refractivity contribution in [3.63, 3.8) is 0 Å². The summed E-state index contributed by atoms with van der Waals surface area (Å²) in [6.45, 7) is -1.03. The molecule has 0 saturated heterocycles. The van der Waals surface area contributed by atoms with Crippen molar-refractivity contribution in [1.82, 2.24) is 0 Å². The maximum Gasteiger partial charge on any atom is 0.387 e. The Morgan fingerprint density at radius 1 is 1.03 bits per heavy atom.